The first-order valence-corrected chi connectivity index (χ1v) is 6.48. The lowest BCUT2D eigenvalue weighted by atomic mass is 10.0. The maximum absolute atomic E-state index is 5.91. The molecule has 0 amide bonds. The molecule has 1 nitrogen and oxygen atoms in total. The van der Waals surface area contributed by atoms with Crippen LogP contribution in [0.1, 0.15) is 0 Å². The molecule has 0 N–H and O–H groups in total. The Hall–Kier alpha value is -2.12. The predicted octanol–water partition coefficient (Wildman–Crippen LogP) is 5.07. The summed E-state index contributed by atoms with van der Waals surface area (Å²) in [5, 5.41) is 0.518. The number of pyridine rings is 1. The molecule has 0 unspecified atom stereocenters. The summed E-state index contributed by atoms with van der Waals surface area (Å²) in [7, 11) is 0. The van der Waals surface area contributed by atoms with E-state index < -0.39 is 0 Å². The van der Waals surface area contributed by atoms with E-state index in [1.165, 1.54) is 11.1 Å². The summed E-state index contributed by atoms with van der Waals surface area (Å²) in [6, 6.07) is 22.6. The first-order valence-electron chi connectivity index (χ1n) is 6.10. The highest BCUT2D eigenvalue weighted by Crippen LogP contribution is 2.25. The third-order valence-electron chi connectivity index (χ3n) is 3.05. The monoisotopic (exact) mass is 265 g/mol. The van der Waals surface area contributed by atoms with Crippen LogP contribution < -0.4 is 0 Å². The maximum Gasteiger partial charge on any atom is 0.129 e. The van der Waals surface area contributed by atoms with Gasteiger partial charge in [0.05, 0.1) is 0 Å². The predicted molar refractivity (Wildman–Crippen MR) is 80.1 cm³/mol. The number of hydrogen-bond acceptors (Lipinski definition) is 1. The van der Waals surface area contributed by atoms with Gasteiger partial charge >= 0.3 is 0 Å². The van der Waals surface area contributed by atoms with Gasteiger partial charge in [0, 0.05) is 6.20 Å². The minimum absolute atomic E-state index is 0.518. The Morgan fingerprint density at radius 3 is 1.84 bits per heavy atom. The van der Waals surface area contributed by atoms with Gasteiger partial charge < -0.3 is 0 Å². The van der Waals surface area contributed by atoms with Gasteiger partial charge in [-0.3, -0.25) is 0 Å². The van der Waals surface area contributed by atoms with E-state index in [0.29, 0.717) is 5.15 Å². The molecule has 0 fully saturated rings. The molecule has 0 bridgehead atoms. The van der Waals surface area contributed by atoms with Crippen molar-refractivity contribution in [1.29, 1.82) is 0 Å². The number of aromatic nitrogens is 1. The zero-order chi connectivity index (χ0) is 13.1. The van der Waals surface area contributed by atoms with E-state index >= 15 is 0 Å². The Labute approximate surface area is 117 Å². The van der Waals surface area contributed by atoms with Gasteiger partial charge in [-0.2, -0.15) is 0 Å². The van der Waals surface area contributed by atoms with Crippen molar-refractivity contribution in [3.8, 4) is 22.3 Å². The van der Waals surface area contributed by atoms with Gasteiger partial charge in [0.1, 0.15) is 5.15 Å². The molecule has 0 aliphatic heterocycles. The van der Waals surface area contributed by atoms with Crippen molar-refractivity contribution in [2.24, 2.45) is 0 Å². The van der Waals surface area contributed by atoms with Gasteiger partial charge in [-0.1, -0.05) is 66.2 Å². The summed E-state index contributed by atoms with van der Waals surface area (Å²) in [4.78, 5) is 4.00. The second kappa shape index (κ2) is 5.25. The second-order valence-corrected chi connectivity index (χ2v) is 4.70. The zero-order valence-electron chi connectivity index (χ0n) is 10.3. The van der Waals surface area contributed by atoms with Crippen LogP contribution in [0.25, 0.3) is 22.3 Å². The lowest BCUT2D eigenvalue weighted by Crippen LogP contribution is -1.81. The molecule has 0 saturated heterocycles. The lowest BCUT2D eigenvalue weighted by molar-refractivity contribution is 1.33. The van der Waals surface area contributed by atoms with Crippen molar-refractivity contribution >= 4 is 11.6 Å². The Bertz CT molecular complexity index is 675. The minimum atomic E-state index is 0.518. The fraction of sp³-hybridized carbons (Fsp3) is 0. The SMILES string of the molecule is Clc1cc(-c2ccc(-c3ccccc3)cc2)ccn1. The van der Waals surface area contributed by atoms with Crippen molar-refractivity contribution in [1.82, 2.24) is 4.98 Å². The van der Waals surface area contributed by atoms with Crippen molar-refractivity contribution in [2.75, 3.05) is 0 Å². The van der Waals surface area contributed by atoms with Crippen LogP contribution in [-0.2, 0) is 0 Å². The highest BCUT2D eigenvalue weighted by atomic mass is 35.5. The van der Waals surface area contributed by atoms with Crippen LogP contribution in [0.15, 0.2) is 72.9 Å². The largest absolute Gasteiger partial charge is 0.245 e. The molecule has 2 heteroatoms. The summed E-state index contributed by atoms with van der Waals surface area (Å²) in [6.45, 7) is 0. The number of nitrogens with zero attached hydrogens (tertiary/aromatic N) is 1. The zero-order valence-corrected chi connectivity index (χ0v) is 11.0. The topological polar surface area (TPSA) is 12.9 Å². The highest BCUT2D eigenvalue weighted by Gasteiger charge is 2.00. The molecule has 0 aliphatic carbocycles. The Balaban J connectivity index is 1.95. The van der Waals surface area contributed by atoms with Gasteiger partial charge in [0.15, 0.2) is 0 Å². The summed E-state index contributed by atoms with van der Waals surface area (Å²) in [5.74, 6) is 0. The molecule has 0 atom stereocenters. The summed E-state index contributed by atoms with van der Waals surface area (Å²) < 4.78 is 0. The number of benzene rings is 2. The number of halogens is 1. The first kappa shape index (κ1) is 11.9. The quantitative estimate of drug-likeness (QED) is 0.590. The van der Waals surface area contributed by atoms with Gasteiger partial charge in [-0.25, -0.2) is 4.98 Å². The minimum Gasteiger partial charge on any atom is -0.245 e. The third-order valence-corrected chi connectivity index (χ3v) is 3.26. The molecule has 1 heterocycles. The molecule has 1 aromatic heterocycles. The van der Waals surface area contributed by atoms with Gasteiger partial charge in [0.25, 0.3) is 0 Å². The van der Waals surface area contributed by atoms with Crippen LogP contribution in [0.2, 0.25) is 5.15 Å². The molecular weight excluding hydrogens is 254 g/mol. The van der Waals surface area contributed by atoms with Crippen LogP contribution in [0.4, 0.5) is 0 Å². The molecular formula is C17H12ClN. The van der Waals surface area contributed by atoms with Crippen LogP contribution in [0.5, 0.6) is 0 Å². The van der Waals surface area contributed by atoms with E-state index in [4.69, 9.17) is 11.6 Å². The molecule has 92 valence electrons. The molecule has 0 aliphatic rings. The van der Waals surface area contributed by atoms with Crippen molar-refractivity contribution in [2.45, 2.75) is 0 Å². The van der Waals surface area contributed by atoms with Crippen LogP contribution in [-0.4, -0.2) is 4.98 Å². The van der Waals surface area contributed by atoms with Crippen molar-refractivity contribution in [3.05, 3.63) is 78.1 Å². The van der Waals surface area contributed by atoms with E-state index in [2.05, 4.69) is 41.4 Å². The fourth-order valence-corrected chi connectivity index (χ4v) is 2.24. The molecule has 0 spiro atoms. The normalized spacial score (nSPS) is 10.4. The molecule has 0 saturated carbocycles. The van der Waals surface area contributed by atoms with E-state index in [1.807, 2.05) is 30.3 Å². The summed E-state index contributed by atoms with van der Waals surface area (Å²) >= 11 is 5.91. The Morgan fingerprint density at radius 2 is 1.21 bits per heavy atom. The highest BCUT2D eigenvalue weighted by molar-refractivity contribution is 6.29. The van der Waals surface area contributed by atoms with E-state index in [9.17, 15) is 0 Å². The Kier molecular flexibility index (Phi) is 3.30. The number of rotatable bonds is 2. The Morgan fingerprint density at radius 1 is 0.632 bits per heavy atom. The van der Waals surface area contributed by atoms with E-state index in [0.717, 1.165) is 11.1 Å². The first-order chi connectivity index (χ1) is 9.33. The molecule has 3 aromatic rings. The van der Waals surface area contributed by atoms with Gasteiger partial charge in [-0.05, 0) is 34.4 Å². The van der Waals surface area contributed by atoms with Crippen LogP contribution in [0.3, 0.4) is 0 Å². The van der Waals surface area contributed by atoms with E-state index in [1.54, 1.807) is 6.20 Å². The molecule has 2 aromatic carbocycles. The summed E-state index contributed by atoms with van der Waals surface area (Å²) in [5.41, 5.74) is 4.66. The number of hydrogen-bond donors (Lipinski definition) is 0. The summed E-state index contributed by atoms with van der Waals surface area (Å²) in [6.07, 6.45) is 1.72. The van der Waals surface area contributed by atoms with Crippen molar-refractivity contribution < 1.29 is 0 Å². The van der Waals surface area contributed by atoms with Crippen LogP contribution >= 0.6 is 11.6 Å². The average molecular weight is 266 g/mol. The lowest BCUT2D eigenvalue weighted by Gasteiger charge is -2.05. The smallest absolute Gasteiger partial charge is 0.129 e. The van der Waals surface area contributed by atoms with E-state index in [-0.39, 0.29) is 0 Å². The third kappa shape index (κ3) is 2.67. The molecule has 3 rings (SSSR count). The van der Waals surface area contributed by atoms with Crippen molar-refractivity contribution in [3.63, 3.8) is 0 Å². The molecule has 19 heavy (non-hydrogen) atoms. The molecule has 0 radical (unpaired) electrons. The average Bonchev–Trinajstić information content (AvgIpc) is 2.48. The van der Waals surface area contributed by atoms with Gasteiger partial charge in [0.2, 0.25) is 0 Å². The van der Waals surface area contributed by atoms with Gasteiger partial charge in [-0.15, -0.1) is 0 Å². The maximum atomic E-state index is 5.91. The fourth-order valence-electron chi connectivity index (χ4n) is 2.07. The second-order valence-electron chi connectivity index (χ2n) is 4.31. The standard InChI is InChI=1S/C17H12ClN/c18-17-12-16(10-11-19-17)15-8-6-14(7-9-15)13-4-2-1-3-5-13/h1-12H. The van der Waals surface area contributed by atoms with Crippen LogP contribution in [0, 0.1) is 0 Å².